The van der Waals surface area contributed by atoms with Gasteiger partial charge in [0.15, 0.2) is 0 Å². The Morgan fingerprint density at radius 3 is 2.82 bits per heavy atom. The van der Waals surface area contributed by atoms with Crippen LogP contribution in [-0.2, 0) is 6.42 Å². The molecular formula is C28H24. The van der Waals surface area contributed by atoms with E-state index in [0.717, 1.165) is 12.8 Å². The minimum absolute atomic E-state index is 0.560. The van der Waals surface area contributed by atoms with Gasteiger partial charge >= 0.3 is 0 Å². The SMILES string of the molecule is C1=CCC2C=Cc3cc(C4=CC=C5c6ccccc6CCC5C4)ccc3C2=C1. The van der Waals surface area contributed by atoms with Crippen LogP contribution in [0.25, 0.3) is 22.8 Å². The van der Waals surface area contributed by atoms with E-state index in [2.05, 4.69) is 85.0 Å². The van der Waals surface area contributed by atoms with E-state index in [4.69, 9.17) is 0 Å². The van der Waals surface area contributed by atoms with Gasteiger partial charge in [0.2, 0.25) is 0 Å². The van der Waals surface area contributed by atoms with Crippen LogP contribution in [0, 0.1) is 11.8 Å². The molecule has 2 aromatic rings. The molecule has 2 aromatic carbocycles. The summed E-state index contributed by atoms with van der Waals surface area (Å²) < 4.78 is 0. The Labute approximate surface area is 167 Å². The Morgan fingerprint density at radius 1 is 0.857 bits per heavy atom. The standard InChI is InChI=1S/C28H24/c1-3-7-25-19(5-1)9-11-23-17-21(13-15-27(23)25)22-14-16-28-24(18-22)12-10-20-6-2-4-8-26(20)28/h1-5,7-8,10,12-16,18,20,23H,6,9,11,17H2. The number of hydrogen-bond donors (Lipinski definition) is 0. The van der Waals surface area contributed by atoms with Crippen molar-refractivity contribution in [3.05, 3.63) is 107 Å². The van der Waals surface area contributed by atoms with E-state index < -0.39 is 0 Å². The summed E-state index contributed by atoms with van der Waals surface area (Å²) in [6, 6.07) is 16.1. The minimum atomic E-state index is 0.560. The summed E-state index contributed by atoms with van der Waals surface area (Å²) in [5.41, 5.74) is 11.7. The second-order valence-electron chi connectivity index (χ2n) is 8.46. The molecule has 0 saturated heterocycles. The maximum Gasteiger partial charge on any atom is 0.00620 e. The van der Waals surface area contributed by atoms with Crippen LogP contribution >= 0.6 is 0 Å². The zero-order chi connectivity index (χ0) is 18.5. The average Bonchev–Trinajstić information content (AvgIpc) is 2.78. The smallest absolute Gasteiger partial charge is 0.00620 e. The largest absolute Gasteiger partial charge is 0.0836 e. The van der Waals surface area contributed by atoms with Gasteiger partial charge in [0, 0.05) is 5.92 Å². The quantitative estimate of drug-likeness (QED) is 0.508. The molecule has 0 aromatic heterocycles. The van der Waals surface area contributed by atoms with E-state index in [1.54, 1.807) is 5.57 Å². The molecule has 6 rings (SSSR count). The van der Waals surface area contributed by atoms with Gasteiger partial charge in [0.1, 0.15) is 0 Å². The third kappa shape index (κ3) is 2.52. The van der Waals surface area contributed by atoms with Crippen molar-refractivity contribution in [1.82, 2.24) is 0 Å². The Balaban J connectivity index is 1.37. The maximum absolute atomic E-state index is 2.41. The van der Waals surface area contributed by atoms with Crippen molar-refractivity contribution in [2.24, 2.45) is 11.8 Å². The highest BCUT2D eigenvalue weighted by Gasteiger charge is 2.27. The van der Waals surface area contributed by atoms with Crippen LogP contribution in [0.2, 0.25) is 0 Å². The summed E-state index contributed by atoms with van der Waals surface area (Å²) >= 11 is 0. The van der Waals surface area contributed by atoms with Gasteiger partial charge in [-0.1, -0.05) is 78.9 Å². The maximum atomic E-state index is 2.41. The Bertz CT molecular complexity index is 1120. The Hall–Kier alpha value is -2.86. The van der Waals surface area contributed by atoms with E-state index in [1.165, 1.54) is 51.8 Å². The fourth-order valence-corrected chi connectivity index (χ4v) is 5.40. The van der Waals surface area contributed by atoms with Gasteiger partial charge < -0.3 is 0 Å². The molecule has 136 valence electrons. The number of aryl methyl sites for hydroxylation is 1. The molecule has 0 amide bonds. The molecule has 0 heterocycles. The molecule has 0 saturated carbocycles. The van der Waals surface area contributed by atoms with Gasteiger partial charge in [-0.3, -0.25) is 0 Å². The molecule has 4 aliphatic rings. The highest BCUT2D eigenvalue weighted by Crippen LogP contribution is 2.44. The van der Waals surface area contributed by atoms with Gasteiger partial charge in [-0.25, -0.2) is 0 Å². The lowest BCUT2D eigenvalue weighted by atomic mass is 9.73. The molecule has 0 spiro atoms. The Morgan fingerprint density at radius 2 is 1.82 bits per heavy atom. The van der Waals surface area contributed by atoms with Gasteiger partial charge in [0.25, 0.3) is 0 Å². The summed E-state index contributed by atoms with van der Waals surface area (Å²) in [7, 11) is 0. The van der Waals surface area contributed by atoms with Crippen LogP contribution in [-0.4, -0.2) is 0 Å². The van der Waals surface area contributed by atoms with Crippen molar-refractivity contribution in [1.29, 1.82) is 0 Å². The van der Waals surface area contributed by atoms with Crippen LogP contribution in [0.3, 0.4) is 0 Å². The number of fused-ring (bicyclic) bond motifs is 6. The predicted octanol–water partition coefficient (Wildman–Crippen LogP) is 7.11. The number of allylic oxidation sites excluding steroid dienone is 9. The highest BCUT2D eigenvalue weighted by atomic mass is 14.3. The lowest BCUT2D eigenvalue weighted by molar-refractivity contribution is 0.600. The van der Waals surface area contributed by atoms with Crippen molar-refractivity contribution >= 4 is 22.8 Å². The van der Waals surface area contributed by atoms with Crippen LogP contribution in [0.1, 0.15) is 47.1 Å². The second kappa shape index (κ2) is 6.34. The first-order chi connectivity index (χ1) is 13.9. The van der Waals surface area contributed by atoms with Gasteiger partial charge in [-0.2, -0.15) is 0 Å². The summed E-state index contributed by atoms with van der Waals surface area (Å²) in [6.45, 7) is 0. The lowest BCUT2D eigenvalue weighted by Gasteiger charge is -2.31. The topological polar surface area (TPSA) is 0 Å². The van der Waals surface area contributed by atoms with Crippen molar-refractivity contribution in [2.45, 2.75) is 25.7 Å². The fraction of sp³-hybridized carbons (Fsp3) is 0.214. The van der Waals surface area contributed by atoms with Crippen LogP contribution in [0.4, 0.5) is 0 Å². The van der Waals surface area contributed by atoms with Crippen LogP contribution in [0.5, 0.6) is 0 Å². The summed E-state index contributed by atoms with van der Waals surface area (Å²) in [5, 5.41) is 0. The normalized spacial score (nSPS) is 24.2. The number of benzene rings is 2. The molecule has 0 fully saturated rings. The molecule has 0 bridgehead atoms. The van der Waals surface area contributed by atoms with Gasteiger partial charge in [-0.15, -0.1) is 0 Å². The third-order valence-corrected chi connectivity index (χ3v) is 6.90. The number of hydrogen-bond acceptors (Lipinski definition) is 0. The summed E-state index contributed by atoms with van der Waals surface area (Å²) in [4.78, 5) is 0. The molecular weight excluding hydrogens is 336 g/mol. The van der Waals surface area contributed by atoms with E-state index in [-0.39, 0.29) is 0 Å². The first-order valence-corrected chi connectivity index (χ1v) is 10.6. The minimum Gasteiger partial charge on any atom is -0.0836 e. The second-order valence-corrected chi connectivity index (χ2v) is 8.46. The van der Waals surface area contributed by atoms with E-state index >= 15 is 0 Å². The average molecular weight is 361 g/mol. The zero-order valence-electron chi connectivity index (χ0n) is 16.1. The van der Waals surface area contributed by atoms with Crippen molar-refractivity contribution in [2.75, 3.05) is 0 Å². The highest BCUT2D eigenvalue weighted by molar-refractivity contribution is 5.86. The Kier molecular flexibility index (Phi) is 3.65. The lowest BCUT2D eigenvalue weighted by Crippen LogP contribution is -2.16. The van der Waals surface area contributed by atoms with Crippen LogP contribution < -0.4 is 0 Å². The molecule has 2 atom stereocenters. The zero-order valence-corrected chi connectivity index (χ0v) is 16.1. The number of rotatable bonds is 1. The molecule has 28 heavy (non-hydrogen) atoms. The van der Waals surface area contributed by atoms with Crippen molar-refractivity contribution in [3.8, 4) is 0 Å². The molecule has 0 heteroatoms. The summed E-state index contributed by atoms with van der Waals surface area (Å²) in [5.74, 6) is 1.22. The van der Waals surface area contributed by atoms with Crippen LogP contribution in [0.15, 0.2) is 78.9 Å². The van der Waals surface area contributed by atoms with E-state index in [1.807, 2.05) is 0 Å². The fourth-order valence-electron chi connectivity index (χ4n) is 5.40. The third-order valence-electron chi connectivity index (χ3n) is 6.90. The monoisotopic (exact) mass is 360 g/mol. The van der Waals surface area contributed by atoms with Gasteiger partial charge in [-0.05, 0) is 82.2 Å². The van der Waals surface area contributed by atoms with Gasteiger partial charge in [0.05, 0.1) is 0 Å². The predicted molar refractivity (Wildman–Crippen MR) is 120 cm³/mol. The molecule has 0 aliphatic heterocycles. The molecule has 2 unspecified atom stereocenters. The van der Waals surface area contributed by atoms with Crippen molar-refractivity contribution < 1.29 is 0 Å². The first kappa shape index (κ1) is 16.1. The van der Waals surface area contributed by atoms with E-state index in [0.29, 0.717) is 11.8 Å². The van der Waals surface area contributed by atoms with E-state index in [9.17, 15) is 0 Å². The molecule has 4 aliphatic carbocycles. The summed E-state index contributed by atoms with van der Waals surface area (Å²) in [6.07, 6.45) is 21.0. The first-order valence-electron chi connectivity index (χ1n) is 10.6. The molecule has 0 radical (unpaired) electrons. The van der Waals surface area contributed by atoms with Crippen molar-refractivity contribution in [3.63, 3.8) is 0 Å². The molecule has 0 N–H and O–H groups in total. The molecule has 0 nitrogen and oxygen atoms in total.